The molecule has 18 heavy (non-hydrogen) atoms. The second-order valence-corrected chi connectivity index (χ2v) is 5.62. The van der Waals surface area contributed by atoms with Gasteiger partial charge in [0.2, 0.25) is 0 Å². The molecule has 3 heterocycles. The minimum atomic E-state index is 0.551. The number of nitriles is 1. The van der Waals surface area contributed by atoms with E-state index in [0.717, 1.165) is 20.9 Å². The normalized spacial score (nSPS) is 10.4. The van der Waals surface area contributed by atoms with Crippen molar-refractivity contribution < 1.29 is 4.42 Å². The Kier molecular flexibility index (Phi) is 2.67. The smallest absolute Gasteiger partial charge is 0.129 e. The number of hydrogen-bond donors (Lipinski definition) is 1. The van der Waals surface area contributed by atoms with E-state index < -0.39 is 0 Å². The fraction of sp³-hybridized carbons (Fsp3) is 0. The number of anilines is 1. The zero-order chi connectivity index (χ0) is 12.5. The molecule has 0 saturated carbocycles. The Morgan fingerprint density at radius 3 is 2.83 bits per heavy atom. The molecule has 0 aliphatic rings. The molecule has 3 aromatic heterocycles. The molecule has 5 heteroatoms. The van der Waals surface area contributed by atoms with Crippen LogP contribution in [0.4, 0.5) is 5.69 Å². The van der Waals surface area contributed by atoms with Crippen molar-refractivity contribution in [1.82, 2.24) is 0 Å². The van der Waals surface area contributed by atoms with Crippen molar-refractivity contribution in [3.8, 4) is 27.0 Å². The summed E-state index contributed by atoms with van der Waals surface area (Å²) in [7, 11) is 0. The highest BCUT2D eigenvalue weighted by molar-refractivity contribution is 7.18. The van der Waals surface area contributed by atoms with Crippen LogP contribution < -0.4 is 5.73 Å². The minimum Gasteiger partial charge on any atom is -0.472 e. The lowest BCUT2D eigenvalue weighted by Crippen LogP contribution is -1.87. The molecular weight excluding hydrogens is 264 g/mol. The van der Waals surface area contributed by atoms with Gasteiger partial charge in [-0.1, -0.05) is 6.07 Å². The molecule has 0 unspecified atom stereocenters. The van der Waals surface area contributed by atoms with Gasteiger partial charge in [-0.05, 0) is 17.5 Å². The zero-order valence-electron chi connectivity index (χ0n) is 9.21. The molecule has 0 aromatic carbocycles. The van der Waals surface area contributed by atoms with Gasteiger partial charge in [0, 0.05) is 20.9 Å². The summed E-state index contributed by atoms with van der Waals surface area (Å²) in [5.74, 6) is 0. The van der Waals surface area contributed by atoms with Crippen LogP contribution in [0.3, 0.4) is 0 Å². The number of rotatable bonds is 2. The van der Waals surface area contributed by atoms with Gasteiger partial charge >= 0.3 is 0 Å². The molecule has 3 rings (SSSR count). The average Bonchev–Trinajstić information content (AvgIpc) is 3.08. The fourth-order valence-corrected chi connectivity index (χ4v) is 3.66. The number of hydrogen-bond acceptors (Lipinski definition) is 5. The molecule has 3 aromatic rings. The van der Waals surface area contributed by atoms with E-state index in [1.165, 1.54) is 11.3 Å². The van der Waals surface area contributed by atoms with Crippen LogP contribution in [0.5, 0.6) is 0 Å². The number of thiophene rings is 2. The number of nitrogens with two attached hydrogens (primary N) is 1. The maximum atomic E-state index is 9.11. The summed E-state index contributed by atoms with van der Waals surface area (Å²) >= 11 is 3.01. The predicted molar refractivity (Wildman–Crippen MR) is 74.5 cm³/mol. The third-order valence-corrected chi connectivity index (χ3v) is 4.64. The standard InChI is InChI=1S/C13H8N2OS2/c14-6-10-12(15)11(9-2-1-5-17-9)13(18-10)8-3-4-16-7-8/h1-5,7H,15H2. The highest BCUT2D eigenvalue weighted by Crippen LogP contribution is 2.46. The highest BCUT2D eigenvalue weighted by atomic mass is 32.1. The van der Waals surface area contributed by atoms with E-state index in [0.29, 0.717) is 10.6 Å². The largest absolute Gasteiger partial charge is 0.472 e. The van der Waals surface area contributed by atoms with Gasteiger partial charge in [-0.15, -0.1) is 22.7 Å². The SMILES string of the molecule is N#Cc1sc(-c2ccoc2)c(-c2cccs2)c1N. The Morgan fingerprint density at radius 2 is 2.22 bits per heavy atom. The highest BCUT2D eigenvalue weighted by Gasteiger charge is 2.19. The molecule has 0 aliphatic carbocycles. The van der Waals surface area contributed by atoms with Gasteiger partial charge in [-0.3, -0.25) is 0 Å². The van der Waals surface area contributed by atoms with E-state index in [9.17, 15) is 0 Å². The molecule has 0 spiro atoms. The average molecular weight is 272 g/mol. The van der Waals surface area contributed by atoms with Crippen LogP contribution in [0, 0.1) is 11.3 Å². The summed E-state index contributed by atoms with van der Waals surface area (Å²) in [5.41, 5.74) is 8.53. The molecule has 0 saturated heterocycles. The van der Waals surface area contributed by atoms with Crippen molar-refractivity contribution in [2.75, 3.05) is 5.73 Å². The van der Waals surface area contributed by atoms with E-state index in [4.69, 9.17) is 15.4 Å². The summed E-state index contributed by atoms with van der Waals surface area (Å²) in [5, 5.41) is 11.1. The van der Waals surface area contributed by atoms with Crippen molar-refractivity contribution >= 4 is 28.4 Å². The van der Waals surface area contributed by atoms with Gasteiger partial charge in [-0.25, -0.2) is 0 Å². The van der Waals surface area contributed by atoms with Crippen molar-refractivity contribution in [3.63, 3.8) is 0 Å². The van der Waals surface area contributed by atoms with Crippen LogP contribution in [0.1, 0.15) is 4.88 Å². The summed E-state index contributed by atoms with van der Waals surface area (Å²) in [6.45, 7) is 0. The quantitative estimate of drug-likeness (QED) is 0.760. The fourth-order valence-electron chi connectivity index (χ4n) is 1.79. The number of furan rings is 1. The maximum Gasteiger partial charge on any atom is 0.129 e. The van der Waals surface area contributed by atoms with Gasteiger partial charge < -0.3 is 10.2 Å². The van der Waals surface area contributed by atoms with E-state index in [1.54, 1.807) is 23.9 Å². The van der Waals surface area contributed by atoms with Crippen LogP contribution in [0.2, 0.25) is 0 Å². The number of nitrogens with zero attached hydrogens (tertiary/aromatic N) is 1. The Morgan fingerprint density at radius 1 is 1.33 bits per heavy atom. The summed E-state index contributed by atoms with van der Waals surface area (Å²) in [6.07, 6.45) is 3.29. The lowest BCUT2D eigenvalue weighted by Gasteiger charge is -2.00. The van der Waals surface area contributed by atoms with Crippen molar-refractivity contribution in [2.24, 2.45) is 0 Å². The molecule has 0 radical (unpaired) electrons. The molecule has 0 fully saturated rings. The molecule has 88 valence electrons. The molecule has 0 amide bonds. The summed E-state index contributed by atoms with van der Waals surface area (Å²) in [4.78, 5) is 2.61. The predicted octanol–water partition coefficient (Wildman–Crippen LogP) is 4.19. The van der Waals surface area contributed by atoms with Crippen LogP contribution in [0.15, 0.2) is 40.5 Å². The first kappa shape index (κ1) is 11.1. The van der Waals surface area contributed by atoms with Crippen LogP contribution in [-0.2, 0) is 0 Å². The number of nitrogen functional groups attached to an aromatic ring is 1. The Balaban J connectivity index is 2.29. The van der Waals surface area contributed by atoms with Crippen molar-refractivity contribution in [2.45, 2.75) is 0 Å². The summed E-state index contributed by atoms with van der Waals surface area (Å²) in [6, 6.07) is 8.01. The Bertz CT molecular complexity index is 703. The molecular formula is C13H8N2OS2. The van der Waals surface area contributed by atoms with E-state index in [2.05, 4.69) is 6.07 Å². The molecule has 0 bridgehead atoms. The molecule has 0 aliphatic heterocycles. The topological polar surface area (TPSA) is 63.0 Å². The molecule has 3 nitrogen and oxygen atoms in total. The first-order valence-electron chi connectivity index (χ1n) is 5.20. The monoisotopic (exact) mass is 272 g/mol. The van der Waals surface area contributed by atoms with Crippen molar-refractivity contribution in [1.29, 1.82) is 5.26 Å². The minimum absolute atomic E-state index is 0.551. The first-order chi connectivity index (χ1) is 8.81. The van der Waals surface area contributed by atoms with E-state index in [1.807, 2.05) is 23.6 Å². The van der Waals surface area contributed by atoms with Crippen molar-refractivity contribution in [3.05, 3.63) is 41.0 Å². The lowest BCUT2D eigenvalue weighted by atomic mass is 10.1. The van der Waals surface area contributed by atoms with Gasteiger partial charge in [0.05, 0.1) is 18.2 Å². The third-order valence-electron chi connectivity index (χ3n) is 2.60. The van der Waals surface area contributed by atoms with E-state index in [-0.39, 0.29) is 0 Å². The summed E-state index contributed by atoms with van der Waals surface area (Å²) < 4.78 is 5.11. The van der Waals surface area contributed by atoms with Crippen LogP contribution in [-0.4, -0.2) is 0 Å². The second-order valence-electron chi connectivity index (χ2n) is 3.65. The van der Waals surface area contributed by atoms with Gasteiger partial charge in [0.15, 0.2) is 0 Å². The molecule has 2 N–H and O–H groups in total. The van der Waals surface area contributed by atoms with Gasteiger partial charge in [0.1, 0.15) is 10.9 Å². The van der Waals surface area contributed by atoms with Gasteiger partial charge in [-0.2, -0.15) is 5.26 Å². The lowest BCUT2D eigenvalue weighted by molar-refractivity contribution is 0.568. The Hall–Kier alpha value is -2.03. The van der Waals surface area contributed by atoms with Crippen LogP contribution in [0.25, 0.3) is 20.9 Å². The first-order valence-corrected chi connectivity index (χ1v) is 6.89. The Labute approximate surface area is 112 Å². The zero-order valence-corrected chi connectivity index (χ0v) is 10.8. The maximum absolute atomic E-state index is 9.11. The van der Waals surface area contributed by atoms with E-state index >= 15 is 0 Å². The molecule has 0 atom stereocenters. The van der Waals surface area contributed by atoms with Crippen LogP contribution >= 0.6 is 22.7 Å². The third kappa shape index (κ3) is 1.63. The van der Waals surface area contributed by atoms with Gasteiger partial charge in [0.25, 0.3) is 0 Å². The second kappa shape index (κ2) is 4.33.